The first-order chi connectivity index (χ1) is 10.5. The molecule has 1 amide bonds. The van der Waals surface area contributed by atoms with E-state index in [1.807, 2.05) is 0 Å². The second-order valence-corrected chi connectivity index (χ2v) is 5.28. The van der Waals surface area contributed by atoms with Crippen LogP contribution in [0.25, 0.3) is 0 Å². The number of hydrogen-bond acceptors (Lipinski definition) is 5. The fourth-order valence-corrected chi connectivity index (χ4v) is 2.47. The summed E-state index contributed by atoms with van der Waals surface area (Å²) in [5.41, 5.74) is 0.763. The SMILES string of the molecule is C=CCOC(=O)c1sc(NC(=O)c2ccc(F)cc2)nc1C. The molecule has 0 aliphatic heterocycles. The lowest BCUT2D eigenvalue weighted by atomic mass is 10.2. The van der Waals surface area contributed by atoms with Gasteiger partial charge in [0.15, 0.2) is 5.13 Å². The Morgan fingerprint density at radius 1 is 1.41 bits per heavy atom. The molecular formula is C15H13FN2O3S. The van der Waals surface area contributed by atoms with Gasteiger partial charge in [-0.2, -0.15) is 0 Å². The standard InChI is InChI=1S/C15H13FN2O3S/c1-3-8-21-14(20)12-9(2)17-15(22-12)18-13(19)10-4-6-11(16)7-5-10/h3-7H,1,8H2,2H3,(H,17,18,19). The molecule has 0 atom stereocenters. The van der Waals surface area contributed by atoms with Crippen molar-refractivity contribution < 1.29 is 18.7 Å². The Balaban J connectivity index is 2.10. The van der Waals surface area contributed by atoms with E-state index >= 15 is 0 Å². The highest BCUT2D eigenvalue weighted by Crippen LogP contribution is 2.24. The van der Waals surface area contributed by atoms with Crippen molar-refractivity contribution in [2.24, 2.45) is 0 Å². The smallest absolute Gasteiger partial charge is 0.350 e. The number of thiazole rings is 1. The number of esters is 1. The van der Waals surface area contributed by atoms with E-state index in [0.29, 0.717) is 16.1 Å². The summed E-state index contributed by atoms with van der Waals surface area (Å²) in [7, 11) is 0. The molecule has 0 saturated carbocycles. The maximum absolute atomic E-state index is 12.8. The number of hydrogen-bond donors (Lipinski definition) is 1. The zero-order valence-electron chi connectivity index (χ0n) is 11.8. The number of carbonyl (C=O) groups is 2. The number of rotatable bonds is 5. The number of halogens is 1. The molecule has 0 aliphatic rings. The van der Waals surface area contributed by atoms with Gasteiger partial charge < -0.3 is 4.74 Å². The number of nitrogens with one attached hydrogen (secondary N) is 1. The summed E-state index contributed by atoms with van der Waals surface area (Å²) >= 11 is 1.02. The minimum atomic E-state index is -0.516. The minimum absolute atomic E-state index is 0.105. The molecular weight excluding hydrogens is 307 g/mol. The lowest BCUT2D eigenvalue weighted by Crippen LogP contribution is -2.11. The first-order valence-electron chi connectivity index (χ1n) is 6.33. The van der Waals surface area contributed by atoms with Crippen molar-refractivity contribution in [3.05, 3.63) is 58.9 Å². The molecule has 0 fully saturated rings. The molecule has 1 N–H and O–H groups in total. The van der Waals surface area contributed by atoms with Crippen molar-refractivity contribution >= 4 is 28.3 Å². The average molecular weight is 320 g/mol. The van der Waals surface area contributed by atoms with Crippen LogP contribution in [0, 0.1) is 12.7 Å². The predicted molar refractivity (Wildman–Crippen MR) is 81.7 cm³/mol. The van der Waals surface area contributed by atoms with Crippen LogP contribution in [-0.4, -0.2) is 23.5 Å². The summed E-state index contributed by atoms with van der Waals surface area (Å²) in [4.78, 5) is 28.2. The van der Waals surface area contributed by atoms with E-state index in [1.54, 1.807) is 6.92 Å². The predicted octanol–water partition coefficient (Wildman–Crippen LogP) is 3.19. The molecule has 1 heterocycles. The monoisotopic (exact) mass is 320 g/mol. The van der Waals surface area contributed by atoms with Crippen LogP contribution in [0.3, 0.4) is 0 Å². The first kappa shape index (κ1) is 15.8. The van der Waals surface area contributed by atoms with Crippen molar-refractivity contribution in [2.45, 2.75) is 6.92 Å². The van der Waals surface area contributed by atoms with E-state index in [1.165, 1.54) is 30.3 Å². The zero-order chi connectivity index (χ0) is 16.1. The van der Waals surface area contributed by atoms with Crippen molar-refractivity contribution in [3.8, 4) is 0 Å². The molecule has 7 heteroatoms. The van der Waals surface area contributed by atoms with Gasteiger partial charge in [-0.25, -0.2) is 14.2 Å². The van der Waals surface area contributed by atoms with Gasteiger partial charge in [-0.3, -0.25) is 10.1 Å². The van der Waals surface area contributed by atoms with Crippen LogP contribution >= 0.6 is 11.3 Å². The number of benzene rings is 1. The number of aromatic nitrogens is 1. The van der Waals surface area contributed by atoms with E-state index in [2.05, 4.69) is 16.9 Å². The normalized spacial score (nSPS) is 10.1. The Labute approximate surface area is 130 Å². The fourth-order valence-electron chi connectivity index (χ4n) is 1.61. The third-order valence-corrected chi connectivity index (χ3v) is 3.69. The second kappa shape index (κ2) is 6.95. The van der Waals surface area contributed by atoms with Crippen LogP contribution in [0.2, 0.25) is 0 Å². The molecule has 22 heavy (non-hydrogen) atoms. The van der Waals surface area contributed by atoms with E-state index < -0.39 is 17.7 Å². The summed E-state index contributed by atoms with van der Waals surface area (Å²) in [6.07, 6.45) is 1.46. The summed E-state index contributed by atoms with van der Waals surface area (Å²) in [6.45, 7) is 5.21. The van der Waals surface area contributed by atoms with Crippen LogP contribution in [-0.2, 0) is 4.74 Å². The Kier molecular flexibility index (Phi) is 5.00. The van der Waals surface area contributed by atoms with Crippen LogP contribution < -0.4 is 5.32 Å². The third-order valence-electron chi connectivity index (χ3n) is 2.64. The quantitative estimate of drug-likeness (QED) is 0.678. The molecule has 0 radical (unpaired) electrons. The van der Waals surface area contributed by atoms with Crippen LogP contribution in [0.5, 0.6) is 0 Å². The molecule has 2 rings (SSSR count). The van der Waals surface area contributed by atoms with E-state index in [9.17, 15) is 14.0 Å². The number of anilines is 1. The maximum atomic E-state index is 12.8. The van der Waals surface area contributed by atoms with E-state index in [0.717, 1.165) is 11.3 Å². The molecule has 114 valence electrons. The Morgan fingerprint density at radius 2 is 2.09 bits per heavy atom. The molecule has 0 bridgehead atoms. The highest BCUT2D eigenvalue weighted by molar-refractivity contribution is 7.17. The minimum Gasteiger partial charge on any atom is -0.457 e. The Morgan fingerprint density at radius 3 is 2.73 bits per heavy atom. The Bertz CT molecular complexity index is 710. The second-order valence-electron chi connectivity index (χ2n) is 4.28. The molecule has 1 aromatic carbocycles. The van der Waals surface area contributed by atoms with Gasteiger partial charge in [-0.15, -0.1) is 0 Å². The largest absolute Gasteiger partial charge is 0.457 e. The number of amides is 1. The first-order valence-corrected chi connectivity index (χ1v) is 7.15. The zero-order valence-corrected chi connectivity index (χ0v) is 12.6. The van der Waals surface area contributed by atoms with Gasteiger partial charge in [0.2, 0.25) is 0 Å². The summed E-state index contributed by atoms with van der Waals surface area (Å²) < 4.78 is 17.8. The van der Waals surface area contributed by atoms with Gasteiger partial charge in [0.25, 0.3) is 5.91 Å². The highest BCUT2D eigenvalue weighted by Gasteiger charge is 2.18. The third kappa shape index (κ3) is 3.76. The Hall–Kier alpha value is -2.54. The molecule has 0 saturated heterocycles. The molecule has 0 aliphatic carbocycles. The maximum Gasteiger partial charge on any atom is 0.350 e. The number of aryl methyl sites for hydroxylation is 1. The molecule has 2 aromatic rings. The number of carbonyl (C=O) groups excluding carboxylic acids is 2. The summed E-state index contributed by atoms with van der Waals surface area (Å²) in [5, 5.41) is 2.84. The van der Waals surface area contributed by atoms with E-state index in [-0.39, 0.29) is 11.7 Å². The number of nitrogens with zero attached hydrogens (tertiary/aromatic N) is 1. The summed E-state index contributed by atoms with van der Waals surface area (Å²) in [6, 6.07) is 5.12. The molecule has 0 spiro atoms. The highest BCUT2D eigenvalue weighted by atomic mass is 32.1. The fraction of sp³-hybridized carbons (Fsp3) is 0.133. The van der Waals surface area contributed by atoms with Gasteiger partial charge in [0.05, 0.1) is 5.69 Å². The van der Waals surface area contributed by atoms with Crippen molar-refractivity contribution in [2.75, 3.05) is 11.9 Å². The lowest BCUT2D eigenvalue weighted by molar-refractivity contribution is 0.0554. The topological polar surface area (TPSA) is 68.3 Å². The van der Waals surface area contributed by atoms with Crippen molar-refractivity contribution in [1.82, 2.24) is 4.98 Å². The van der Waals surface area contributed by atoms with E-state index in [4.69, 9.17) is 4.74 Å². The molecule has 5 nitrogen and oxygen atoms in total. The van der Waals surface area contributed by atoms with Gasteiger partial charge in [-0.05, 0) is 31.2 Å². The van der Waals surface area contributed by atoms with Gasteiger partial charge in [-0.1, -0.05) is 24.0 Å². The number of ether oxygens (including phenoxy) is 1. The van der Waals surface area contributed by atoms with Crippen molar-refractivity contribution in [1.29, 1.82) is 0 Å². The molecule has 1 aromatic heterocycles. The van der Waals surface area contributed by atoms with Gasteiger partial charge in [0, 0.05) is 5.56 Å². The van der Waals surface area contributed by atoms with Crippen molar-refractivity contribution in [3.63, 3.8) is 0 Å². The van der Waals surface area contributed by atoms with Gasteiger partial charge >= 0.3 is 5.97 Å². The van der Waals surface area contributed by atoms with Crippen LogP contribution in [0.15, 0.2) is 36.9 Å². The summed E-state index contributed by atoms with van der Waals surface area (Å²) in [5.74, 6) is -1.37. The average Bonchev–Trinajstić information content (AvgIpc) is 2.86. The molecule has 0 unspecified atom stereocenters. The van der Waals surface area contributed by atoms with Crippen LogP contribution in [0.4, 0.5) is 9.52 Å². The van der Waals surface area contributed by atoms with Gasteiger partial charge in [0.1, 0.15) is 17.3 Å². The lowest BCUT2D eigenvalue weighted by Gasteiger charge is -2.01. The van der Waals surface area contributed by atoms with Crippen LogP contribution in [0.1, 0.15) is 25.7 Å².